The molecule has 1 unspecified atom stereocenters. The van der Waals surface area contributed by atoms with E-state index < -0.39 is 5.97 Å². The van der Waals surface area contributed by atoms with Crippen molar-refractivity contribution in [3.63, 3.8) is 0 Å². The van der Waals surface area contributed by atoms with E-state index in [1.165, 1.54) is 13.3 Å². The molecule has 9 heteroatoms. The Balaban J connectivity index is 1.53. The molecule has 0 spiro atoms. The monoisotopic (exact) mass is 381 g/mol. The van der Waals surface area contributed by atoms with Crippen LogP contribution in [0.15, 0.2) is 34.9 Å². The van der Waals surface area contributed by atoms with E-state index in [4.69, 9.17) is 4.42 Å². The number of amides is 1. The van der Waals surface area contributed by atoms with Gasteiger partial charge in [0.05, 0.1) is 13.3 Å². The van der Waals surface area contributed by atoms with Gasteiger partial charge in [-0.25, -0.2) is 14.8 Å². The molecule has 0 radical (unpaired) electrons. The van der Waals surface area contributed by atoms with Gasteiger partial charge in [0.1, 0.15) is 0 Å². The number of methoxy groups -OCH3 is 1. The smallest absolute Gasteiger partial charge is 0.375 e. The highest BCUT2D eigenvalue weighted by molar-refractivity contribution is 5.91. The second kappa shape index (κ2) is 7.26. The zero-order valence-corrected chi connectivity index (χ0v) is 15.4. The molecule has 1 aliphatic carbocycles. The van der Waals surface area contributed by atoms with Crippen molar-refractivity contribution in [2.45, 2.75) is 25.8 Å². The maximum atomic E-state index is 12.3. The summed E-state index contributed by atoms with van der Waals surface area (Å²) in [5.74, 6) is 0.519. The van der Waals surface area contributed by atoms with Gasteiger partial charge in [0.15, 0.2) is 5.82 Å². The van der Waals surface area contributed by atoms with E-state index in [9.17, 15) is 9.59 Å². The minimum atomic E-state index is -0.598. The fourth-order valence-corrected chi connectivity index (χ4v) is 2.87. The normalized spacial score (nSPS) is 14.5. The van der Waals surface area contributed by atoms with E-state index in [0.29, 0.717) is 28.8 Å². The Bertz CT molecular complexity index is 1020. The van der Waals surface area contributed by atoms with Crippen molar-refractivity contribution in [1.29, 1.82) is 0 Å². The number of H-pyrrole nitrogens is 1. The zero-order chi connectivity index (χ0) is 19.7. The van der Waals surface area contributed by atoms with Gasteiger partial charge >= 0.3 is 5.97 Å². The van der Waals surface area contributed by atoms with E-state index in [2.05, 4.69) is 30.2 Å². The summed E-state index contributed by atoms with van der Waals surface area (Å²) in [6.45, 7) is 2.00. The third kappa shape index (κ3) is 3.64. The van der Waals surface area contributed by atoms with Crippen LogP contribution in [0.2, 0.25) is 0 Å². The first kappa shape index (κ1) is 17.9. The molecule has 1 fully saturated rings. The van der Waals surface area contributed by atoms with Crippen molar-refractivity contribution in [3.8, 4) is 22.8 Å². The van der Waals surface area contributed by atoms with E-state index in [1.807, 2.05) is 6.92 Å². The molecular weight excluding hydrogens is 362 g/mol. The first-order chi connectivity index (χ1) is 13.5. The van der Waals surface area contributed by atoms with Crippen molar-refractivity contribution in [2.24, 2.45) is 5.92 Å². The summed E-state index contributed by atoms with van der Waals surface area (Å²) in [6.07, 6.45) is 3.71. The lowest BCUT2D eigenvalue weighted by atomic mass is 10.1. The maximum Gasteiger partial charge on any atom is 0.375 e. The molecule has 2 N–H and O–H groups in total. The summed E-state index contributed by atoms with van der Waals surface area (Å²) < 4.78 is 10.3. The predicted octanol–water partition coefficient (Wildman–Crippen LogP) is 2.44. The number of nitrogens with one attached hydrogen (secondary N) is 2. The fourth-order valence-electron chi connectivity index (χ4n) is 2.87. The van der Waals surface area contributed by atoms with Crippen LogP contribution in [0.3, 0.4) is 0 Å². The molecule has 1 amide bonds. The van der Waals surface area contributed by atoms with E-state index in [0.717, 1.165) is 12.8 Å². The van der Waals surface area contributed by atoms with Gasteiger partial charge in [0.25, 0.3) is 5.91 Å². The van der Waals surface area contributed by atoms with Crippen LogP contribution in [0.25, 0.3) is 22.8 Å². The lowest BCUT2D eigenvalue weighted by Gasteiger charge is -2.10. The van der Waals surface area contributed by atoms with Gasteiger partial charge in [0, 0.05) is 17.2 Å². The Kier molecular flexibility index (Phi) is 4.64. The van der Waals surface area contributed by atoms with E-state index in [1.54, 1.807) is 24.3 Å². The first-order valence-corrected chi connectivity index (χ1v) is 8.93. The van der Waals surface area contributed by atoms with Crippen molar-refractivity contribution >= 4 is 11.9 Å². The average Bonchev–Trinajstić information content (AvgIpc) is 3.25. The second-order valence-corrected chi connectivity index (χ2v) is 6.71. The number of rotatable bonds is 6. The molecule has 2 aromatic heterocycles. The molecule has 1 saturated carbocycles. The summed E-state index contributed by atoms with van der Waals surface area (Å²) in [5, 5.41) is 9.50. The number of nitrogens with zero attached hydrogens (tertiary/aromatic N) is 3. The highest BCUT2D eigenvalue weighted by Crippen LogP contribution is 2.32. The first-order valence-electron chi connectivity index (χ1n) is 8.93. The van der Waals surface area contributed by atoms with Crippen LogP contribution in [0, 0.1) is 5.92 Å². The van der Waals surface area contributed by atoms with Crippen molar-refractivity contribution in [3.05, 3.63) is 42.0 Å². The number of carbonyl (C=O) groups is 2. The van der Waals surface area contributed by atoms with Crippen LogP contribution in [-0.4, -0.2) is 45.2 Å². The average molecular weight is 381 g/mol. The Morgan fingerprint density at radius 1 is 1.32 bits per heavy atom. The van der Waals surface area contributed by atoms with Crippen LogP contribution in [-0.2, 0) is 4.74 Å². The third-order valence-corrected chi connectivity index (χ3v) is 4.65. The predicted molar refractivity (Wildman–Crippen MR) is 98.3 cm³/mol. The third-order valence-electron chi connectivity index (χ3n) is 4.65. The molecule has 1 atom stereocenters. The Labute approximate surface area is 160 Å². The number of ether oxygens (including phenoxy) is 1. The lowest BCUT2D eigenvalue weighted by molar-refractivity contribution is 0.0587. The van der Waals surface area contributed by atoms with E-state index in [-0.39, 0.29) is 23.5 Å². The summed E-state index contributed by atoms with van der Waals surface area (Å²) in [6, 6.07) is 7.28. The summed E-state index contributed by atoms with van der Waals surface area (Å²) in [4.78, 5) is 32.1. The van der Waals surface area contributed by atoms with Crippen molar-refractivity contribution in [1.82, 2.24) is 25.5 Å². The number of aromatic nitrogens is 4. The fraction of sp³-hybridized carbons (Fsp3) is 0.316. The number of esters is 1. The molecule has 0 bridgehead atoms. The minimum absolute atomic E-state index is 0.0165. The molecule has 1 aliphatic rings. The van der Waals surface area contributed by atoms with Gasteiger partial charge in [-0.2, -0.15) is 5.10 Å². The molecular formula is C19H19N5O4. The minimum Gasteiger partial charge on any atom is -0.463 e. The number of benzene rings is 1. The van der Waals surface area contributed by atoms with Crippen LogP contribution in [0.4, 0.5) is 0 Å². The molecule has 144 valence electrons. The van der Waals surface area contributed by atoms with Gasteiger partial charge in [-0.1, -0.05) is 12.1 Å². The lowest BCUT2D eigenvalue weighted by Crippen LogP contribution is -2.33. The van der Waals surface area contributed by atoms with Gasteiger partial charge in [-0.3, -0.25) is 9.89 Å². The molecule has 1 aromatic carbocycles. The Morgan fingerprint density at radius 2 is 2.11 bits per heavy atom. The highest BCUT2D eigenvalue weighted by Gasteiger charge is 2.29. The Morgan fingerprint density at radius 3 is 2.86 bits per heavy atom. The molecule has 4 rings (SSSR count). The SMILES string of the molecule is COC(=O)c1nc(-c2cccc(-c3ncc(C(=O)NC(C)C4CC4)o3)c2)n[nH]1. The molecule has 0 saturated heterocycles. The number of carbonyl (C=O) groups excluding carboxylic acids is 2. The van der Waals surface area contributed by atoms with Crippen LogP contribution < -0.4 is 5.32 Å². The van der Waals surface area contributed by atoms with Crippen LogP contribution >= 0.6 is 0 Å². The van der Waals surface area contributed by atoms with Crippen molar-refractivity contribution in [2.75, 3.05) is 7.11 Å². The number of hydrogen-bond acceptors (Lipinski definition) is 7. The highest BCUT2D eigenvalue weighted by atomic mass is 16.5. The molecule has 0 aliphatic heterocycles. The number of aromatic amines is 1. The largest absolute Gasteiger partial charge is 0.463 e. The van der Waals surface area contributed by atoms with Gasteiger partial charge in [0.2, 0.25) is 17.5 Å². The Hall–Kier alpha value is -3.49. The van der Waals surface area contributed by atoms with Crippen LogP contribution in [0.1, 0.15) is 40.9 Å². The van der Waals surface area contributed by atoms with Gasteiger partial charge in [-0.05, 0) is 37.8 Å². The van der Waals surface area contributed by atoms with Crippen molar-refractivity contribution < 1.29 is 18.7 Å². The molecule has 28 heavy (non-hydrogen) atoms. The van der Waals surface area contributed by atoms with Gasteiger partial charge < -0.3 is 14.5 Å². The number of hydrogen-bond donors (Lipinski definition) is 2. The van der Waals surface area contributed by atoms with Gasteiger partial charge in [-0.15, -0.1) is 0 Å². The zero-order valence-electron chi connectivity index (χ0n) is 15.4. The maximum absolute atomic E-state index is 12.3. The van der Waals surface area contributed by atoms with E-state index >= 15 is 0 Å². The van der Waals surface area contributed by atoms with Crippen LogP contribution in [0.5, 0.6) is 0 Å². The molecule has 3 aromatic rings. The standard InChI is InChI=1S/C19H19N5O4/c1-10(11-6-7-11)21-17(25)14-9-20-18(28-14)13-5-3-4-12(8-13)15-22-16(24-23-15)19(26)27-2/h3-5,8-11H,6-7H2,1-2H3,(H,21,25)(H,22,23,24). The molecule has 9 nitrogen and oxygen atoms in total. The summed E-state index contributed by atoms with van der Waals surface area (Å²) in [5.41, 5.74) is 1.33. The topological polar surface area (TPSA) is 123 Å². The summed E-state index contributed by atoms with van der Waals surface area (Å²) >= 11 is 0. The summed E-state index contributed by atoms with van der Waals surface area (Å²) in [7, 11) is 1.27. The quantitative estimate of drug-likeness (QED) is 0.629. The second-order valence-electron chi connectivity index (χ2n) is 6.71. The molecule has 2 heterocycles. The number of oxazole rings is 1.